The van der Waals surface area contributed by atoms with Gasteiger partial charge in [0.15, 0.2) is 0 Å². The Morgan fingerprint density at radius 2 is 0.423 bits per heavy atom. The molecule has 126 valence electrons. The molecule has 5 aromatic carbocycles. The molecule has 5 rings (SSSR count). The van der Waals surface area contributed by atoms with Gasteiger partial charge in [0, 0.05) is 0 Å². The van der Waals surface area contributed by atoms with Crippen LogP contribution in [0.2, 0.25) is 0 Å². The minimum atomic E-state index is 1.32. The molecule has 26 heavy (non-hydrogen) atoms. The summed E-state index contributed by atoms with van der Waals surface area (Å²) in [5.41, 5.74) is 5.42. The summed E-state index contributed by atoms with van der Waals surface area (Å²) in [6.45, 7) is 8.76. The smallest absolute Gasteiger partial charge is 0.0171 e. The molecule has 0 saturated heterocycles. The number of aryl methyl sites for hydroxylation is 4. The Bertz CT molecular complexity index is 1150. The maximum atomic E-state index is 2.34. The molecule has 0 bridgehead atoms. The number of fused-ring (bicyclic) bond motifs is 4. The average Bonchev–Trinajstić information content (AvgIpc) is 2.59. The predicted molar refractivity (Wildman–Crippen MR) is 115 cm³/mol. The lowest BCUT2D eigenvalue weighted by Gasteiger charge is -2.10. The average molecular weight is 334 g/mol. The molecule has 0 atom stereocenters. The third kappa shape index (κ3) is 2.29. The lowest BCUT2D eigenvalue weighted by Crippen LogP contribution is -1.85. The quantitative estimate of drug-likeness (QED) is 0.257. The van der Waals surface area contributed by atoms with Gasteiger partial charge in [-0.1, -0.05) is 24.3 Å². The van der Waals surface area contributed by atoms with E-state index in [-0.39, 0.29) is 0 Å². The largest absolute Gasteiger partial charge is 0.0512 e. The van der Waals surface area contributed by atoms with Crippen LogP contribution in [0.5, 0.6) is 0 Å². The summed E-state index contributed by atoms with van der Waals surface area (Å²) in [5.74, 6) is 0. The highest BCUT2D eigenvalue weighted by molar-refractivity contribution is 6.08. The monoisotopic (exact) mass is 334 g/mol. The fourth-order valence-electron chi connectivity index (χ4n) is 4.06. The van der Waals surface area contributed by atoms with Gasteiger partial charge in [0.1, 0.15) is 0 Å². The van der Waals surface area contributed by atoms with Gasteiger partial charge in [-0.05, 0) is 129 Å². The van der Waals surface area contributed by atoms with Crippen molar-refractivity contribution in [2.75, 3.05) is 0 Å². The molecule has 0 amide bonds. The molecule has 0 heteroatoms. The Kier molecular flexibility index (Phi) is 3.15. The Morgan fingerprint density at radius 3 is 0.615 bits per heavy atom. The fourth-order valence-corrected chi connectivity index (χ4v) is 4.06. The summed E-state index contributed by atoms with van der Waals surface area (Å²) in [6.07, 6.45) is 0. The molecule has 0 nitrogen and oxygen atoms in total. The molecule has 0 heterocycles. The molecule has 0 N–H and O–H groups in total. The van der Waals surface area contributed by atoms with E-state index < -0.39 is 0 Å². The van der Waals surface area contributed by atoms with Crippen LogP contribution in [0.1, 0.15) is 22.3 Å². The normalized spacial score (nSPS) is 11.8. The van der Waals surface area contributed by atoms with Gasteiger partial charge in [-0.2, -0.15) is 0 Å². The summed E-state index contributed by atoms with van der Waals surface area (Å²) < 4.78 is 0. The van der Waals surface area contributed by atoms with Crippen LogP contribution >= 0.6 is 0 Å². The Labute approximate surface area is 154 Å². The first-order chi connectivity index (χ1) is 12.5. The first-order valence-electron chi connectivity index (χ1n) is 9.27. The summed E-state index contributed by atoms with van der Waals surface area (Å²) in [5, 5.41) is 10.6. The van der Waals surface area contributed by atoms with Crippen molar-refractivity contribution >= 4 is 43.1 Å². The summed E-state index contributed by atoms with van der Waals surface area (Å²) in [7, 11) is 0. The van der Waals surface area contributed by atoms with E-state index in [0.717, 1.165) is 0 Å². The summed E-state index contributed by atoms with van der Waals surface area (Å²) >= 11 is 0. The van der Waals surface area contributed by atoms with E-state index in [1.54, 1.807) is 0 Å². The lowest BCUT2D eigenvalue weighted by atomic mass is 9.95. The van der Waals surface area contributed by atoms with Crippen LogP contribution in [-0.4, -0.2) is 0 Å². The number of rotatable bonds is 0. The second-order valence-electron chi connectivity index (χ2n) is 7.82. The molecule has 0 aliphatic heterocycles. The van der Waals surface area contributed by atoms with Gasteiger partial charge in [0.25, 0.3) is 0 Å². The molecule has 0 aliphatic rings. The standard InChI is InChI=1S/C26H22/c1-15-5-19-9-23-13-25-11-21-7-17(3)18(4)8-22(21)12-26(25)14-24(23)10-20(19)6-16(15)2/h5-14H,1-4H3. The van der Waals surface area contributed by atoms with E-state index in [0.29, 0.717) is 0 Å². The van der Waals surface area contributed by atoms with Gasteiger partial charge in [0.2, 0.25) is 0 Å². The molecular weight excluding hydrogens is 312 g/mol. The first-order valence-corrected chi connectivity index (χ1v) is 9.27. The van der Waals surface area contributed by atoms with Crippen molar-refractivity contribution in [3.8, 4) is 0 Å². The molecule has 5 aromatic rings. The highest BCUT2D eigenvalue weighted by Gasteiger charge is 2.05. The summed E-state index contributed by atoms with van der Waals surface area (Å²) in [6, 6.07) is 23.2. The van der Waals surface area contributed by atoms with E-state index in [2.05, 4.69) is 88.4 Å². The van der Waals surface area contributed by atoms with Crippen LogP contribution in [0, 0.1) is 27.7 Å². The van der Waals surface area contributed by atoms with Crippen molar-refractivity contribution in [1.29, 1.82) is 0 Å². The molecule has 0 fully saturated rings. The molecule has 0 aromatic heterocycles. The van der Waals surface area contributed by atoms with Crippen LogP contribution in [0.3, 0.4) is 0 Å². The Morgan fingerprint density at radius 1 is 0.269 bits per heavy atom. The molecule has 0 unspecified atom stereocenters. The Hall–Kier alpha value is -2.86. The molecule has 0 saturated carbocycles. The van der Waals surface area contributed by atoms with Crippen molar-refractivity contribution in [2.45, 2.75) is 27.7 Å². The Balaban J connectivity index is 1.86. The van der Waals surface area contributed by atoms with Gasteiger partial charge in [0.05, 0.1) is 0 Å². The number of benzene rings is 5. The van der Waals surface area contributed by atoms with E-state index in [9.17, 15) is 0 Å². The minimum absolute atomic E-state index is 1.32. The number of hydrogen-bond acceptors (Lipinski definition) is 0. The van der Waals surface area contributed by atoms with Gasteiger partial charge in [-0.25, -0.2) is 0 Å². The van der Waals surface area contributed by atoms with Gasteiger partial charge >= 0.3 is 0 Å². The van der Waals surface area contributed by atoms with Crippen LogP contribution in [0.15, 0.2) is 60.7 Å². The van der Waals surface area contributed by atoms with Crippen LogP contribution in [0.4, 0.5) is 0 Å². The van der Waals surface area contributed by atoms with Crippen molar-refractivity contribution in [2.24, 2.45) is 0 Å². The third-order valence-electron chi connectivity index (χ3n) is 5.93. The van der Waals surface area contributed by atoms with E-state index >= 15 is 0 Å². The van der Waals surface area contributed by atoms with Crippen LogP contribution in [-0.2, 0) is 0 Å². The maximum absolute atomic E-state index is 2.34. The highest BCUT2D eigenvalue weighted by atomic mass is 14.1. The van der Waals surface area contributed by atoms with E-state index in [1.807, 2.05) is 0 Å². The second kappa shape index (κ2) is 5.32. The second-order valence-corrected chi connectivity index (χ2v) is 7.82. The lowest BCUT2D eigenvalue weighted by molar-refractivity contribution is 1.37. The maximum Gasteiger partial charge on any atom is -0.0171 e. The summed E-state index contributed by atoms with van der Waals surface area (Å²) in [4.78, 5) is 0. The number of hydrogen-bond donors (Lipinski definition) is 0. The van der Waals surface area contributed by atoms with Crippen molar-refractivity contribution in [3.05, 3.63) is 82.9 Å². The zero-order chi connectivity index (χ0) is 18.0. The van der Waals surface area contributed by atoms with E-state index in [1.165, 1.54) is 65.3 Å². The van der Waals surface area contributed by atoms with Gasteiger partial charge in [-0.3, -0.25) is 0 Å². The zero-order valence-electron chi connectivity index (χ0n) is 15.8. The molecular formula is C26H22. The van der Waals surface area contributed by atoms with Crippen LogP contribution in [0.25, 0.3) is 43.1 Å². The van der Waals surface area contributed by atoms with Crippen molar-refractivity contribution < 1.29 is 0 Å². The van der Waals surface area contributed by atoms with Gasteiger partial charge < -0.3 is 0 Å². The first kappa shape index (κ1) is 15.4. The fraction of sp³-hybridized carbons (Fsp3) is 0.154. The van der Waals surface area contributed by atoms with Gasteiger partial charge in [-0.15, -0.1) is 0 Å². The SMILES string of the molecule is Cc1cc2cc3cc4cc5cc(C)c(C)cc5cc4cc3cc2cc1C. The third-order valence-corrected chi connectivity index (χ3v) is 5.93. The molecule has 0 aliphatic carbocycles. The molecule has 0 spiro atoms. The topological polar surface area (TPSA) is 0 Å². The van der Waals surface area contributed by atoms with Crippen molar-refractivity contribution in [3.63, 3.8) is 0 Å². The zero-order valence-corrected chi connectivity index (χ0v) is 15.8. The molecule has 0 radical (unpaired) electrons. The minimum Gasteiger partial charge on any atom is -0.0512 e. The highest BCUT2D eigenvalue weighted by Crippen LogP contribution is 2.31. The van der Waals surface area contributed by atoms with Crippen LogP contribution < -0.4 is 0 Å². The van der Waals surface area contributed by atoms with E-state index in [4.69, 9.17) is 0 Å². The van der Waals surface area contributed by atoms with Crippen molar-refractivity contribution in [1.82, 2.24) is 0 Å². The predicted octanol–water partition coefficient (Wildman–Crippen LogP) is 7.53.